The maximum Gasteiger partial charge on any atom is 0.335 e. The Morgan fingerprint density at radius 1 is 1.29 bits per heavy atom. The summed E-state index contributed by atoms with van der Waals surface area (Å²) in [5, 5.41) is 9.67. The van der Waals surface area contributed by atoms with Gasteiger partial charge in [0.25, 0.3) is 0 Å². The largest absolute Gasteiger partial charge is 0.478 e. The van der Waals surface area contributed by atoms with Crippen molar-refractivity contribution >= 4 is 28.9 Å². The van der Waals surface area contributed by atoms with Crippen LogP contribution in [-0.4, -0.2) is 18.1 Å². The van der Waals surface area contributed by atoms with Crippen LogP contribution in [-0.2, 0) is 0 Å². The number of anilines is 2. The van der Waals surface area contributed by atoms with E-state index in [4.69, 9.17) is 22.4 Å². The Morgan fingerprint density at radius 3 is 2.52 bits per heavy atom. The summed E-state index contributed by atoms with van der Waals surface area (Å²) in [4.78, 5) is 12.9. The molecule has 0 saturated carbocycles. The normalized spacial score (nSPS) is 12.0. The highest BCUT2D eigenvalue weighted by Crippen LogP contribution is 2.33. The summed E-state index contributed by atoms with van der Waals surface area (Å²) < 4.78 is 0. The van der Waals surface area contributed by atoms with Crippen molar-refractivity contribution in [1.29, 1.82) is 0 Å². The fraction of sp³-hybridized carbons (Fsp3) is 0.188. The minimum absolute atomic E-state index is 0.0108. The number of nitrogens with two attached hydrogens (primary N) is 1. The van der Waals surface area contributed by atoms with Crippen LogP contribution in [0, 0.1) is 0 Å². The number of nitrogens with zero attached hydrogens (tertiary/aromatic N) is 1. The highest BCUT2D eigenvalue weighted by atomic mass is 35.5. The van der Waals surface area contributed by atoms with Crippen LogP contribution >= 0.6 is 11.6 Å². The second-order valence-electron chi connectivity index (χ2n) is 4.89. The molecule has 0 aromatic heterocycles. The number of benzene rings is 2. The van der Waals surface area contributed by atoms with Crippen molar-refractivity contribution in [2.45, 2.75) is 13.0 Å². The topological polar surface area (TPSA) is 66.6 Å². The van der Waals surface area contributed by atoms with E-state index in [2.05, 4.69) is 0 Å². The van der Waals surface area contributed by atoms with Gasteiger partial charge < -0.3 is 15.7 Å². The second kappa shape index (κ2) is 6.06. The van der Waals surface area contributed by atoms with Crippen LogP contribution < -0.4 is 10.6 Å². The van der Waals surface area contributed by atoms with E-state index in [1.54, 1.807) is 12.1 Å². The highest BCUT2D eigenvalue weighted by molar-refractivity contribution is 6.31. The quantitative estimate of drug-likeness (QED) is 0.843. The van der Waals surface area contributed by atoms with E-state index in [-0.39, 0.29) is 11.6 Å². The van der Waals surface area contributed by atoms with Gasteiger partial charge in [0, 0.05) is 12.1 Å². The number of halogens is 1. The molecule has 0 heterocycles. The predicted octanol–water partition coefficient (Wildman–Crippen LogP) is 3.82. The van der Waals surface area contributed by atoms with Crippen LogP contribution in [0.15, 0.2) is 42.5 Å². The predicted molar refractivity (Wildman–Crippen MR) is 86.1 cm³/mol. The average Bonchev–Trinajstić information content (AvgIpc) is 2.46. The molecule has 0 amide bonds. The lowest BCUT2D eigenvalue weighted by molar-refractivity contribution is 0.0697. The first-order valence-electron chi connectivity index (χ1n) is 6.52. The van der Waals surface area contributed by atoms with E-state index in [0.29, 0.717) is 10.7 Å². The minimum atomic E-state index is -0.991. The molecule has 4 nitrogen and oxygen atoms in total. The summed E-state index contributed by atoms with van der Waals surface area (Å²) >= 11 is 6.22. The Bertz CT molecular complexity index is 673. The Labute approximate surface area is 128 Å². The van der Waals surface area contributed by atoms with Crippen molar-refractivity contribution in [3.8, 4) is 0 Å². The molecule has 21 heavy (non-hydrogen) atoms. The molecular formula is C16H17ClN2O2. The standard InChI is InChI=1S/C16H17ClN2O2/c1-10(12-5-3-4-6-13(12)17)19(2)15-8-7-11(16(20)21)9-14(15)18/h3-10H,18H2,1-2H3,(H,20,21). The van der Waals surface area contributed by atoms with Crippen LogP contribution in [0.3, 0.4) is 0 Å². The van der Waals surface area contributed by atoms with Crippen LogP contribution in [0.1, 0.15) is 28.9 Å². The van der Waals surface area contributed by atoms with Gasteiger partial charge in [0.05, 0.1) is 23.0 Å². The fourth-order valence-corrected chi connectivity index (χ4v) is 2.53. The first-order chi connectivity index (χ1) is 9.91. The van der Waals surface area contributed by atoms with Gasteiger partial charge in [-0.25, -0.2) is 4.79 Å². The van der Waals surface area contributed by atoms with Gasteiger partial charge in [-0.15, -0.1) is 0 Å². The Kier molecular flexibility index (Phi) is 4.38. The van der Waals surface area contributed by atoms with Crippen molar-refractivity contribution in [1.82, 2.24) is 0 Å². The number of carbonyl (C=O) groups is 1. The fourth-order valence-electron chi connectivity index (χ4n) is 2.24. The summed E-state index contributed by atoms with van der Waals surface area (Å²) in [7, 11) is 1.90. The third-order valence-electron chi connectivity index (χ3n) is 3.59. The van der Waals surface area contributed by atoms with Gasteiger partial charge in [-0.1, -0.05) is 29.8 Å². The molecule has 2 aromatic carbocycles. The molecule has 0 aliphatic heterocycles. The third-order valence-corrected chi connectivity index (χ3v) is 3.93. The van der Waals surface area contributed by atoms with Gasteiger partial charge >= 0.3 is 5.97 Å². The van der Waals surface area contributed by atoms with Gasteiger partial charge in [0.15, 0.2) is 0 Å². The summed E-state index contributed by atoms with van der Waals surface area (Å²) in [6.07, 6.45) is 0. The molecule has 0 radical (unpaired) electrons. The van der Waals surface area contributed by atoms with Crippen molar-refractivity contribution in [2.75, 3.05) is 17.7 Å². The van der Waals surface area contributed by atoms with Gasteiger partial charge in [-0.3, -0.25) is 0 Å². The summed E-state index contributed by atoms with van der Waals surface area (Å²) in [5.74, 6) is -0.991. The number of rotatable bonds is 4. The zero-order chi connectivity index (χ0) is 15.6. The van der Waals surface area contributed by atoms with Gasteiger partial charge in [0.1, 0.15) is 0 Å². The van der Waals surface area contributed by atoms with Crippen molar-refractivity contribution in [2.24, 2.45) is 0 Å². The number of nitrogen functional groups attached to an aromatic ring is 1. The van der Waals surface area contributed by atoms with E-state index < -0.39 is 5.97 Å². The highest BCUT2D eigenvalue weighted by Gasteiger charge is 2.17. The molecule has 1 atom stereocenters. The molecule has 0 aliphatic carbocycles. The summed E-state index contributed by atoms with van der Waals surface area (Å²) in [5.41, 5.74) is 8.34. The summed E-state index contributed by atoms with van der Waals surface area (Å²) in [6.45, 7) is 2.02. The van der Waals surface area contributed by atoms with Crippen LogP contribution in [0.2, 0.25) is 5.02 Å². The third kappa shape index (κ3) is 3.11. The van der Waals surface area contributed by atoms with E-state index in [9.17, 15) is 4.79 Å². The van der Waals surface area contributed by atoms with E-state index >= 15 is 0 Å². The number of aromatic carboxylic acids is 1. The molecule has 0 saturated heterocycles. The molecule has 0 aliphatic rings. The van der Waals surface area contributed by atoms with E-state index in [1.165, 1.54) is 6.07 Å². The molecule has 0 spiro atoms. The van der Waals surface area contributed by atoms with Crippen LogP contribution in [0.5, 0.6) is 0 Å². The van der Waals surface area contributed by atoms with E-state index in [0.717, 1.165) is 11.3 Å². The molecule has 3 N–H and O–H groups in total. The second-order valence-corrected chi connectivity index (χ2v) is 5.29. The maximum absolute atomic E-state index is 10.9. The lowest BCUT2D eigenvalue weighted by Gasteiger charge is -2.29. The Morgan fingerprint density at radius 2 is 1.95 bits per heavy atom. The first-order valence-corrected chi connectivity index (χ1v) is 6.89. The van der Waals surface area contributed by atoms with Gasteiger partial charge in [-0.2, -0.15) is 0 Å². The van der Waals surface area contributed by atoms with E-state index in [1.807, 2.05) is 43.1 Å². The Hall–Kier alpha value is -2.20. The smallest absolute Gasteiger partial charge is 0.335 e. The molecule has 0 bridgehead atoms. The van der Waals surface area contributed by atoms with Crippen molar-refractivity contribution < 1.29 is 9.90 Å². The maximum atomic E-state index is 10.9. The number of carboxylic acid groups (broad SMARTS) is 1. The van der Waals surface area contributed by atoms with Crippen molar-refractivity contribution in [3.63, 3.8) is 0 Å². The summed E-state index contributed by atoms with van der Waals surface area (Å²) in [6, 6.07) is 12.4. The van der Waals surface area contributed by atoms with Gasteiger partial charge in [-0.05, 0) is 36.8 Å². The number of hydrogen-bond acceptors (Lipinski definition) is 3. The number of hydrogen-bond donors (Lipinski definition) is 2. The molecule has 110 valence electrons. The minimum Gasteiger partial charge on any atom is -0.478 e. The van der Waals surface area contributed by atoms with Crippen LogP contribution in [0.4, 0.5) is 11.4 Å². The monoisotopic (exact) mass is 304 g/mol. The molecule has 5 heteroatoms. The lowest BCUT2D eigenvalue weighted by atomic mass is 10.1. The zero-order valence-electron chi connectivity index (χ0n) is 11.9. The molecule has 2 rings (SSSR count). The van der Waals surface area contributed by atoms with Gasteiger partial charge in [0.2, 0.25) is 0 Å². The van der Waals surface area contributed by atoms with Crippen LogP contribution in [0.25, 0.3) is 0 Å². The zero-order valence-corrected chi connectivity index (χ0v) is 12.6. The Balaban J connectivity index is 2.34. The SMILES string of the molecule is CC(c1ccccc1Cl)N(C)c1ccc(C(=O)O)cc1N. The number of carboxylic acids is 1. The average molecular weight is 305 g/mol. The molecule has 0 fully saturated rings. The first kappa shape index (κ1) is 15.2. The molecule has 1 unspecified atom stereocenters. The lowest BCUT2D eigenvalue weighted by Crippen LogP contribution is -2.23. The van der Waals surface area contributed by atoms with Crippen molar-refractivity contribution in [3.05, 3.63) is 58.6 Å². The molecular weight excluding hydrogens is 288 g/mol. The molecule has 2 aromatic rings.